The Morgan fingerprint density at radius 1 is 1.08 bits per heavy atom. The molecule has 1 saturated carbocycles. The third kappa shape index (κ3) is 4.25. The van der Waals surface area contributed by atoms with Crippen molar-refractivity contribution >= 4 is 22.5 Å². The summed E-state index contributed by atoms with van der Waals surface area (Å²) in [6, 6.07) is 11.4. The van der Waals surface area contributed by atoms with Gasteiger partial charge in [-0.1, -0.05) is 18.7 Å². The maximum Gasteiger partial charge on any atom is 0.270 e. The van der Waals surface area contributed by atoms with Crippen LogP contribution in [0.3, 0.4) is 0 Å². The van der Waals surface area contributed by atoms with Crippen molar-refractivity contribution in [1.29, 1.82) is 0 Å². The van der Waals surface area contributed by atoms with Crippen molar-refractivity contribution in [1.82, 2.24) is 19.4 Å². The summed E-state index contributed by atoms with van der Waals surface area (Å²) in [6.45, 7) is 13.0. The molecule has 0 radical (unpaired) electrons. The maximum absolute atomic E-state index is 13.8. The molecule has 1 unspecified atom stereocenters. The first kappa shape index (κ1) is 24.3. The van der Waals surface area contributed by atoms with E-state index < -0.39 is 0 Å². The second-order valence-electron chi connectivity index (χ2n) is 10.5. The molecular formula is C29H29FN6O2. The number of piperazine rings is 1. The number of fused-ring (bicyclic) bond motifs is 1. The highest BCUT2D eigenvalue weighted by molar-refractivity contribution is 5.89. The van der Waals surface area contributed by atoms with Gasteiger partial charge in [-0.2, -0.15) is 0 Å². The first-order chi connectivity index (χ1) is 18.3. The zero-order chi connectivity index (χ0) is 26.6. The smallest absolute Gasteiger partial charge is 0.270 e. The average molecular weight is 513 g/mol. The number of oxazole rings is 1. The summed E-state index contributed by atoms with van der Waals surface area (Å²) in [5.41, 5.74) is 3.86. The molecule has 4 aromatic rings. The maximum atomic E-state index is 13.8. The van der Waals surface area contributed by atoms with Gasteiger partial charge in [-0.05, 0) is 56.5 Å². The summed E-state index contributed by atoms with van der Waals surface area (Å²) in [5.74, 6) is 1.10. The van der Waals surface area contributed by atoms with Crippen LogP contribution in [0.25, 0.3) is 15.9 Å². The number of pyridine rings is 2. The predicted octanol–water partition coefficient (Wildman–Crippen LogP) is 5.18. The lowest BCUT2D eigenvalue weighted by Crippen LogP contribution is -2.57. The molecular weight excluding hydrogens is 483 g/mol. The molecule has 38 heavy (non-hydrogen) atoms. The van der Waals surface area contributed by atoms with Crippen LogP contribution in [0.5, 0.6) is 0 Å². The van der Waals surface area contributed by atoms with Crippen LogP contribution >= 0.6 is 0 Å². The normalized spacial score (nSPS) is 21.0. The summed E-state index contributed by atoms with van der Waals surface area (Å²) in [4.78, 5) is 30.4. The molecule has 1 aromatic carbocycles. The molecule has 1 aliphatic heterocycles. The number of hydrogen-bond acceptors (Lipinski definition) is 6. The molecule has 3 atom stereocenters. The summed E-state index contributed by atoms with van der Waals surface area (Å²) < 4.78 is 21.4. The Morgan fingerprint density at radius 3 is 2.55 bits per heavy atom. The van der Waals surface area contributed by atoms with Crippen LogP contribution < -0.4 is 10.5 Å². The van der Waals surface area contributed by atoms with Crippen molar-refractivity contribution in [3.8, 4) is 0 Å². The Kier molecular flexibility index (Phi) is 6.00. The van der Waals surface area contributed by atoms with Gasteiger partial charge in [0.15, 0.2) is 0 Å². The van der Waals surface area contributed by atoms with Crippen molar-refractivity contribution in [2.45, 2.75) is 50.7 Å². The van der Waals surface area contributed by atoms with Crippen LogP contribution in [-0.4, -0.2) is 44.6 Å². The fraction of sp³-hybridized carbons (Fsp3) is 0.379. The first-order valence-corrected chi connectivity index (χ1v) is 13.0. The second kappa shape index (κ2) is 9.37. The zero-order valence-electron chi connectivity index (χ0n) is 21.6. The third-order valence-electron chi connectivity index (χ3n) is 7.80. The van der Waals surface area contributed by atoms with Gasteiger partial charge in [0.2, 0.25) is 11.4 Å². The highest BCUT2D eigenvalue weighted by atomic mass is 19.1. The summed E-state index contributed by atoms with van der Waals surface area (Å²) in [7, 11) is 1.72. The minimum Gasteiger partial charge on any atom is -0.447 e. The van der Waals surface area contributed by atoms with Crippen LogP contribution in [0, 0.1) is 12.4 Å². The first-order valence-electron chi connectivity index (χ1n) is 13.0. The highest BCUT2D eigenvalue weighted by Gasteiger charge is 2.39. The Morgan fingerprint density at radius 2 is 1.84 bits per heavy atom. The number of aryl methyl sites for hydroxylation is 1. The fourth-order valence-electron chi connectivity index (χ4n) is 5.55. The van der Waals surface area contributed by atoms with E-state index in [-0.39, 0.29) is 29.5 Å². The number of rotatable bonds is 5. The van der Waals surface area contributed by atoms with E-state index in [0.29, 0.717) is 41.7 Å². The van der Waals surface area contributed by atoms with Gasteiger partial charge in [0.05, 0.1) is 16.9 Å². The molecule has 0 spiro atoms. The van der Waals surface area contributed by atoms with E-state index in [0.717, 1.165) is 29.8 Å². The number of aromatic nitrogens is 3. The number of hydrogen-bond donors (Lipinski definition) is 0. The molecule has 2 aliphatic rings. The average Bonchev–Trinajstić information content (AvgIpc) is 3.66. The molecule has 4 heterocycles. The zero-order valence-corrected chi connectivity index (χ0v) is 21.6. The minimum absolute atomic E-state index is 0.0146. The standard InChI is InChI=1S/C29H29FN6O2/c1-17-15-36(28(20-7-9-21(30)10-8-20)29-32-22(16-38-29)19-5-6-19)18(2)14-35(17)24-13-26(37)34(4)23-11-12-25(31-3)33-27(23)24/h7-13,16-19,28H,5-6,14-15H2,1-2,4H3/t17-,18+,28?/m0/s1. The lowest BCUT2D eigenvalue weighted by atomic mass is 9.98. The lowest BCUT2D eigenvalue weighted by molar-refractivity contribution is 0.114. The van der Waals surface area contributed by atoms with E-state index in [1.807, 2.05) is 0 Å². The topological polar surface area (TPSA) is 71.8 Å². The molecule has 0 bridgehead atoms. The van der Waals surface area contributed by atoms with E-state index in [4.69, 9.17) is 16.0 Å². The molecule has 6 rings (SSSR count). The van der Waals surface area contributed by atoms with Crippen LogP contribution in [0.1, 0.15) is 55.8 Å². The van der Waals surface area contributed by atoms with Crippen molar-refractivity contribution in [2.75, 3.05) is 18.0 Å². The molecule has 0 N–H and O–H groups in total. The largest absolute Gasteiger partial charge is 0.447 e. The number of halogens is 1. The molecule has 8 nitrogen and oxygen atoms in total. The van der Waals surface area contributed by atoms with Gasteiger partial charge >= 0.3 is 0 Å². The third-order valence-corrected chi connectivity index (χ3v) is 7.80. The van der Waals surface area contributed by atoms with Crippen molar-refractivity contribution in [3.63, 3.8) is 0 Å². The van der Waals surface area contributed by atoms with Gasteiger partial charge in [0.1, 0.15) is 18.1 Å². The molecule has 3 aromatic heterocycles. The van der Waals surface area contributed by atoms with Crippen LogP contribution in [0.4, 0.5) is 15.9 Å². The highest BCUT2D eigenvalue weighted by Crippen LogP contribution is 2.41. The summed E-state index contributed by atoms with van der Waals surface area (Å²) >= 11 is 0. The molecule has 1 saturated heterocycles. The van der Waals surface area contributed by atoms with E-state index in [2.05, 4.69) is 33.5 Å². The van der Waals surface area contributed by atoms with E-state index >= 15 is 0 Å². The quantitative estimate of drug-likeness (QED) is 0.343. The van der Waals surface area contributed by atoms with Crippen LogP contribution in [0.2, 0.25) is 0 Å². The molecule has 1 aliphatic carbocycles. The number of anilines is 1. The van der Waals surface area contributed by atoms with E-state index in [1.165, 1.54) is 12.1 Å². The van der Waals surface area contributed by atoms with Crippen molar-refractivity contribution in [2.24, 2.45) is 7.05 Å². The van der Waals surface area contributed by atoms with Gasteiger partial charge in [0.25, 0.3) is 11.4 Å². The fourth-order valence-corrected chi connectivity index (χ4v) is 5.55. The monoisotopic (exact) mass is 512 g/mol. The van der Waals surface area contributed by atoms with Gasteiger partial charge in [-0.3, -0.25) is 9.69 Å². The molecule has 2 fully saturated rings. The molecule has 9 heteroatoms. The minimum atomic E-state index is -0.284. The van der Waals surface area contributed by atoms with Crippen LogP contribution in [0.15, 0.2) is 57.9 Å². The van der Waals surface area contributed by atoms with Gasteiger partial charge in [0, 0.05) is 44.2 Å². The second-order valence-corrected chi connectivity index (χ2v) is 10.5. The SMILES string of the molecule is [C-]#[N+]c1ccc2c(n1)c(N1C[C@@H](C)N(C(c3ccc(F)cc3)c3nc(C4CC4)co3)C[C@@H]1C)cc(=O)n2C. The van der Waals surface area contributed by atoms with Crippen LogP contribution in [-0.2, 0) is 7.05 Å². The van der Waals surface area contributed by atoms with E-state index in [9.17, 15) is 9.18 Å². The summed E-state index contributed by atoms with van der Waals surface area (Å²) in [5, 5.41) is 0. The van der Waals surface area contributed by atoms with Gasteiger partial charge < -0.3 is 18.7 Å². The van der Waals surface area contributed by atoms with Gasteiger partial charge in [-0.15, -0.1) is 4.98 Å². The Balaban J connectivity index is 1.38. The van der Waals surface area contributed by atoms with Gasteiger partial charge in [-0.25, -0.2) is 9.37 Å². The predicted molar refractivity (Wildman–Crippen MR) is 143 cm³/mol. The Labute approximate surface area is 220 Å². The molecule has 0 amide bonds. The van der Waals surface area contributed by atoms with Crippen molar-refractivity contribution in [3.05, 3.63) is 93.5 Å². The molecule has 194 valence electrons. The number of benzene rings is 1. The lowest BCUT2D eigenvalue weighted by Gasteiger charge is -2.47. The number of nitrogens with zero attached hydrogens (tertiary/aromatic N) is 6. The Bertz CT molecular complexity index is 1600. The Hall–Kier alpha value is -4.03. The van der Waals surface area contributed by atoms with E-state index in [1.54, 1.807) is 48.2 Å². The summed E-state index contributed by atoms with van der Waals surface area (Å²) in [6.07, 6.45) is 4.03. The van der Waals surface area contributed by atoms with Crippen molar-refractivity contribution < 1.29 is 8.81 Å².